The van der Waals surface area contributed by atoms with E-state index in [1.807, 2.05) is 17.5 Å². The Bertz CT molecular complexity index is 923. The van der Waals surface area contributed by atoms with Crippen LogP contribution in [-0.4, -0.2) is 17.4 Å². The molecule has 0 fully saturated rings. The second kappa shape index (κ2) is 9.25. The van der Waals surface area contributed by atoms with Gasteiger partial charge in [0.15, 0.2) is 0 Å². The summed E-state index contributed by atoms with van der Waals surface area (Å²) >= 11 is 1.64. The molecule has 1 atom stereocenters. The second-order valence-electron chi connectivity index (χ2n) is 6.28. The predicted molar refractivity (Wildman–Crippen MR) is 112 cm³/mol. The van der Waals surface area contributed by atoms with Crippen LogP contribution in [0.5, 0.6) is 0 Å². The molecule has 0 bridgehead atoms. The molecule has 0 radical (unpaired) electrons. The van der Waals surface area contributed by atoms with E-state index in [-0.39, 0.29) is 24.2 Å². The van der Waals surface area contributed by atoms with E-state index in [9.17, 15) is 14.9 Å². The number of carbonyl (C=O) groups excluding carboxylic acids is 1. The summed E-state index contributed by atoms with van der Waals surface area (Å²) in [5, 5.41) is 18.8. The zero-order valence-electron chi connectivity index (χ0n) is 15.4. The van der Waals surface area contributed by atoms with Gasteiger partial charge in [-0.05, 0) is 41.1 Å². The van der Waals surface area contributed by atoms with Gasteiger partial charge in [-0.3, -0.25) is 20.2 Å². The average molecular weight is 395 g/mol. The summed E-state index contributed by atoms with van der Waals surface area (Å²) in [4.78, 5) is 23.7. The minimum atomic E-state index is -0.470. The number of benzene rings is 2. The third-order valence-corrected chi connectivity index (χ3v) is 5.31. The first-order chi connectivity index (χ1) is 13.6. The summed E-state index contributed by atoms with van der Waals surface area (Å²) in [5.41, 5.74) is 2.88. The SMILES string of the molecule is CCc1ccc([C@@H](NCC(=O)Nc2ccc([N+](=O)[O-])cc2)c2cccs2)cc1. The quantitative estimate of drug-likeness (QED) is 0.433. The molecule has 0 aliphatic rings. The summed E-state index contributed by atoms with van der Waals surface area (Å²) < 4.78 is 0. The van der Waals surface area contributed by atoms with Gasteiger partial charge in [-0.15, -0.1) is 11.3 Å². The highest BCUT2D eigenvalue weighted by atomic mass is 32.1. The Morgan fingerprint density at radius 1 is 1.11 bits per heavy atom. The van der Waals surface area contributed by atoms with Crippen LogP contribution in [0.25, 0.3) is 0 Å². The molecule has 0 saturated carbocycles. The van der Waals surface area contributed by atoms with Crippen molar-refractivity contribution in [1.82, 2.24) is 5.32 Å². The smallest absolute Gasteiger partial charge is 0.269 e. The maximum absolute atomic E-state index is 12.3. The third-order valence-electron chi connectivity index (χ3n) is 4.38. The molecule has 0 saturated heterocycles. The Morgan fingerprint density at radius 2 is 1.82 bits per heavy atom. The Morgan fingerprint density at radius 3 is 2.39 bits per heavy atom. The Balaban J connectivity index is 1.65. The minimum Gasteiger partial charge on any atom is -0.325 e. The largest absolute Gasteiger partial charge is 0.325 e. The molecule has 2 N–H and O–H groups in total. The second-order valence-corrected chi connectivity index (χ2v) is 7.26. The van der Waals surface area contributed by atoms with Crippen LogP contribution in [0.15, 0.2) is 66.0 Å². The lowest BCUT2D eigenvalue weighted by Gasteiger charge is -2.18. The normalized spacial score (nSPS) is 11.8. The topological polar surface area (TPSA) is 84.3 Å². The van der Waals surface area contributed by atoms with Crippen LogP contribution in [0.1, 0.15) is 29.0 Å². The third kappa shape index (κ3) is 5.03. The molecule has 0 aliphatic carbocycles. The van der Waals surface area contributed by atoms with Crippen molar-refractivity contribution in [3.05, 3.63) is 92.2 Å². The van der Waals surface area contributed by atoms with Crippen LogP contribution in [0, 0.1) is 10.1 Å². The molecule has 7 heteroatoms. The molecular weight excluding hydrogens is 374 g/mol. The molecule has 0 aliphatic heterocycles. The van der Waals surface area contributed by atoms with Gasteiger partial charge in [0.25, 0.3) is 5.69 Å². The number of hydrogen-bond donors (Lipinski definition) is 2. The van der Waals surface area contributed by atoms with Crippen molar-refractivity contribution < 1.29 is 9.72 Å². The van der Waals surface area contributed by atoms with Gasteiger partial charge in [-0.25, -0.2) is 0 Å². The van der Waals surface area contributed by atoms with Crippen LogP contribution >= 0.6 is 11.3 Å². The number of nitrogens with one attached hydrogen (secondary N) is 2. The Labute approximate surface area is 167 Å². The molecule has 1 heterocycles. The van der Waals surface area contributed by atoms with E-state index in [0.717, 1.165) is 16.9 Å². The molecule has 3 aromatic rings. The van der Waals surface area contributed by atoms with E-state index in [1.54, 1.807) is 11.3 Å². The molecule has 6 nitrogen and oxygen atoms in total. The summed E-state index contributed by atoms with van der Waals surface area (Å²) in [6, 6.07) is 18.1. The van der Waals surface area contributed by atoms with Crippen LogP contribution < -0.4 is 10.6 Å². The standard InChI is InChI=1S/C21H21N3O3S/c1-2-15-5-7-16(8-6-15)21(19-4-3-13-28-19)22-14-20(25)23-17-9-11-18(12-10-17)24(26)27/h3-13,21-22H,2,14H2,1H3,(H,23,25)/t21-/m1/s1. The Hall–Kier alpha value is -3.03. The van der Waals surface area contributed by atoms with Crippen LogP contribution in [-0.2, 0) is 11.2 Å². The first-order valence-corrected chi connectivity index (χ1v) is 9.84. The van der Waals surface area contributed by atoms with Gasteiger partial charge in [0.05, 0.1) is 17.5 Å². The number of aryl methyl sites for hydroxylation is 1. The molecule has 0 unspecified atom stereocenters. The van der Waals surface area contributed by atoms with Gasteiger partial charge in [0.2, 0.25) is 5.91 Å². The number of anilines is 1. The summed E-state index contributed by atoms with van der Waals surface area (Å²) in [5.74, 6) is -0.208. The predicted octanol–water partition coefficient (Wildman–Crippen LogP) is 4.54. The van der Waals surface area contributed by atoms with Gasteiger partial charge in [0, 0.05) is 22.7 Å². The molecule has 144 valence electrons. The molecule has 3 rings (SSSR count). The number of amides is 1. The van der Waals surface area contributed by atoms with Gasteiger partial charge < -0.3 is 5.32 Å². The van der Waals surface area contributed by atoms with Crippen molar-refractivity contribution in [3.63, 3.8) is 0 Å². The van der Waals surface area contributed by atoms with E-state index < -0.39 is 4.92 Å². The van der Waals surface area contributed by atoms with Crippen LogP contribution in [0.3, 0.4) is 0 Å². The highest BCUT2D eigenvalue weighted by molar-refractivity contribution is 7.10. The van der Waals surface area contributed by atoms with Crippen LogP contribution in [0.2, 0.25) is 0 Å². The monoisotopic (exact) mass is 395 g/mol. The Kier molecular flexibility index (Phi) is 6.52. The minimum absolute atomic E-state index is 0.00981. The van der Waals surface area contributed by atoms with Crippen LogP contribution in [0.4, 0.5) is 11.4 Å². The van der Waals surface area contributed by atoms with Gasteiger partial charge in [0.1, 0.15) is 0 Å². The fourth-order valence-corrected chi connectivity index (χ4v) is 3.68. The molecule has 2 aromatic carbocycles. The fraction of sp³-hybridized carbons (Fsp3) is 0.190. The van der Waals surface area contributed by atoms with Crippen molar-refractivity contribution in [2.45, 2.75) is 19.4 Å². The number of nitro groups is 1. The van der Waals surface area contributed by atoms with Gasteiger partial charge in [-0.2, -0.15) is 0 Å². The molecule has 0 spiro atoms. The zero-order valence-corrected chi connectivity index (χ0v) is 16.2. The summed E-state index contributed by atoms with van der Waals surface area (Å²) in [7, 11) is 0. The van der Waals surface area contributed by atoms with Crippen molar-refractivity contribution in [2.24, 2.45) is 0 Å². The molecular formula is C21H21N3O3S. The fourth-order valence-electron chi connectivity index (χ4n) is 2.85. The number of nitro benzene ring substituents is 1. The molecule has 1 aromatic heterocycles. The van der Waals surface area contributed by atoms with Crippen molar-refractivity contribution in [1.29, 1.82) is 0 Å². The summed E-state index contributed by atoms with van der Waals surface area (Å²) in [6.45, 7) is 2.24. The number of rotatable bonds is 8. The number of non-ortho nitro benzene ring substituents is 1. The van der Waals surface area contributed by atoms with E-state index in [4.69, 9.17) is 0 Å². The van der Waals surface area contributed by atoms with Gasteiger partial charge in [-0.1, -0.05) is 37.3 Å². The van der Waals surface area contributed by atoms with Crippen molar-refractivity contribution in [3.8, 4) is 0 Å². The van der Waals surface area contributed by atoms with Gasteiger partial charge >= 0.3 is 0 Å². The number of hydrogen-bond acceptors (Lipinski definition) is 5. The van der Waals surface area contributed by atoms with Crippen molar-refractivity contribution in [2.75, 3.05) is 11.9 Å². The van der Waals surface area contributed by atoms with Crippen molar-refractivity contribution >= 4 is 28.6 Å². The average Bonchev–Trinajstić information content (AvgIpc) is 3.23. The van der Waals surface area contributed by atoms with E-state index >= 15 is 0 Å². The first kappa shape index (κ1) is 19.7. The summed E-state index contributed by atoms with van der Waals surface area (Å²) in [6.07, 6.45) is 0.981. The van der Waals surface area contributed by atoms with E-state index in [1.165, 1.54) is 29.8 Å². The van der Waals surface area contributed by atoms with E-state index in [0.29, 0.717) is 5.69 Å². The highest BCUT2D eigenvalue weighted by Gasteiger charge is 2.16. The number of nitrogens with zero attached hydrogens (tertiary/aromatic N) is 1. The number of carbonyl (C=O) groups is 1. The zero-order chi connectivity index (χ0) is 19.9. The lowest BCUT2D eigenvalue weighted by Crippen LogP contribution is -2.31. The molecule has 28 heavy (non-hydrogen) atoms. The lowest BCUT2D eigenvalue weighted by molar-refractivity contribution is -0.384. The maximum Gasteiger partial charge on any atom is 0.269 e. The lowest BCUT2D eigenvalue weighted by atomic mass is 10.0. The highest BCUT2D eigenvalue weighted by Crippen LogP contribution is 2.26. The number of thiophene rings is 1. The van der Waals surface area contributed by atoms with E-state index in [2.05, 4.69) is 41.8 Å². The maximum atomic E-state index is 12.3. The molecule has 1 amide bonds. The first-order valence-electron chi connectivity index (χ1n) is 8.96.